The Morgan fingerprint density at radius 2 is 1.55 bits per heavy atom. The summed E-state index contributed by atoms with van der Waals surface area (Å²) in [5.41, 5.74) is 3.39. The lowest BCUT2D eigenvalue weighted by Crippen LogP contribution is -2.23. The molecule has 1 atom stereocenters. The number of nitrogens with zero attached hydrogens (tertiary/aromatic N) is 2. The minimum atomic E-state index is -3.62. The van der Waals surface area contributed by atoms with E-state index in [2.05, 4.69) is 5.32 Å². The van der Waals surface area contributed by atoms with Crippen molar-refractivity contribution in [2.75, 3.05) is 18.5 Å². The SMILES string of the molecule is CCOP(=O)(OCC)[C@@H](Nc1c(C)n(C)n(-c2ccccc2)c1=O)c1ccc(C)cc1. The van der Waals surface area contributed by atoms with Crippen LogP contribution in [0.2, 0.25) is 0 Å². The van der Waals surface area contributed by atoms with Crippen molar-refractivity contribution in [2.45, 2.75) is 33.5 Å². The van der Waals surface area contributed by atoms with Crippen LogP contribution in [0.1, 0.15) is 36.5 Å². The number of nitrogens with one attached hydrogen (secondary N) is 1. The van der Waals surface area contributed by atoms with Gasteiger partial charge in [0, 0.05) is 7.05 Å². The highest BCUT2D eigenvalue weighted by Gasteiger charge is 2.38. The van der Waals surface area contributed by atoms with Crippen molar-refractivity contribution in [1.82, 2.24) is 9.36 Å². The Balaban J connectivity index is 2.13. The van der Waals surface area contributed by atoms with Gasteiger partial charge in [-0.3, -0.25) is 14.0 Å². The van der Waals surface area contributed by atoms with Crippen LogP contribution in [0.25, 0.3) is 5.69 Å². The highest BCUT2D eigenvalue weighted by molar-refractivity contribution is 7.54. The molecule has 0 amide bonds. The van der Waals surface area contributed by atoms with Gasteiger partial charge in [-0.25, -0.2) is 4.68 Å². The monoisotopic (exact) mass is 443 g/mol. The topological polar surface area (TPSA) is 74.5 Å². The molecule has 1 aromatic heterocycles. The summed E-state index contributed by atoms with van der Waals surface area (Å²) >= 11 is 0. The largest absolute Gasteiger partial charge is 0.362 e. The molecule has 3 rings (SSSR count). The van der Waals surface area contributed by atoms with Crippen molar-refractivity contribution in [3.05, 3.63) is 81.8 Å². The molecule has 1 heterocycles. The van der Waals surface area contributed by atoms with Gasteiger partial charge in [0.25, 0.3) is 5.56 Å². The van der Waals surface area contributed by atoms with Gasteiger partial charge in [-0.15, -0.1) is 0 Å². The average molecular weight is 443 g/mol. The van der Waals surface area contributed by atoms with E-state index in [-0.39, 0.29) is 18.8 Å². The van der Waals surface area contributed by atoms with Gasteiger partial charge in [0.15, 0.2) is 5.78 Å². The Labute approximate surface area is 183 Å². The predicted molar refractivity (Wildman–Crippen MR) is 124 cm³/mol. The van der Waals surface area contributed by atoms with Crippen LogP contribution in [0.3, 0.4) is 0 Å². The van der Waals surface area contributed by atoms with E-state index in [1.165, 1.54) is 0 Å². The van der Waals surface area contributed by atoms with E-state index < -0.39 is 13.4 Å². The molecule has 0 saturated heterocycles. The zero-order valence-corrected chi connectivity index (χ0v) is 19.6. The van der Waals surface area contributed by atoms with E-state index in [9.17, 15) is 9.36 Å². The Morgan fingerprint density at radius 1 is 0.968 bits per heavy atom. The number of hydrogen-bond acceptors (Lipinski definition) is 5. The molecule has 0 aliphatic carbocycles. The zero-order chi connectivity index (χ0) is 22.6. The van der Waals surface area contributed by atoms with E-state index in [1.807, 2.05) is 75.5 Å². The van der Waals surface area contributed by atoms with Crippen LogP contribution < -0.4 is 10.9 Å². The van der Waals surface area contributed by atoms with Gasteiger partial charge in [0.1, 0.15) is 5.69 Å². The Bertz CT molecular complexity index is 1110. The molecular weight excluding hydrogens is 413 g/mol. The second kappa shape index (κ2) is 9.69. The maximum Gasteiger partial charge on any atom is 0.357 e. The Kier molecular flexibility index (Phi) is 7.21. The first-order valence-electron chi connectivity index (χ1n) is 10.4. The van der Waals surface area contributed by atoms with Gasteiger partial charge >= 0.3 is 7.60 Å². The van der Waals surface area contributed by atoms with E-state index >= 15 is 0 Å². The third-order valence-electron chi connectivity index (χ3n) is 5.16. The molecule has 3 aromatic rings. The van der Waals surface area contributed by atoms with E-state index in [4.69, 9.17) is 9.05 Å². The van der Waals surface area contributed by atoms with Crippen LogP contribution in [0.5, 0.6) is 0 Å². The third-order valence-corrected chi connectivity index (χ3v) is 7.46. The molecule has 1 N–H and O–H groups in total. The van der Waals surface area contributed by atoms with E-state index in [1.54, 1.807) is 23.2 Å². The molecule has 0 spiro atoms. The summed E-state index contributed by atoms with van der Waals surface area (Å²) in [4.78, 5) is 13.4. The molecular formula is C23H30N3O4P. The normalized spacial score (nSPS) is 12.7. The van der Waals surface area contributed by atoms with Gasteiger partial charge in [-0.05, 0) is 45.4 Å². The van der Waals surface area contributed by atoms with Crippen LogP contribution in [0.15, 0.2) is 59.4 Å². The smallest absolute Gasteiger partial charge is 0.357 e. The fourth-order valence-corrected chi connectivity index (χ4v) is 5.43. The Morgan fingerprint density at radius 3 is 2.10 bits per heavy atom. The maximum absolute atomic E-state index is 13.8. The van der Waals surface area contributed by atoms with Crippen LogP contribution in [-0.4, -0.2) is 22.6 Å². The van der Waals surface area contributed by atoms with Crippen molar-refractivity contribution >= 4 is 13.3 Å². The molecule has 0 saturated carbocycles. The van der Waals surface area contributed by atoms with Gasteiger partial charge in [-0.2, -0.15) is 0 Å². The quantitative estimate of drug-likeness (QED) is 0.462. The minimum absolute atomic E-state index is 0.226. The van der Waals surface area contributed by atoms with Crippen molar-refractivity contribution in [3.8, 4) is 5.69 Å². The predicted octanol–water partition coefficient (Wildman–Crippen LogP) is 5.17. The van der Waals surface area contributed by atoms with Crippen molar-refractivity contribution in [3.63, 3.8) is 0 Å². The molecule has 0 unspecified atom stereocenters. The summed E-state index contributed by atoms with van der Waals surface area (Å²) in [7, 11) is -1.80. The molecule has 166 valence electrons. The number of hydrogen-bond donors (Lipinski definition) is 1. The Hall–Kier alpha value is -2.60. The van der Waals surface area contributed by atoms with E-state index in [0.717, 1.165) is 16.8 Å². The molecule has 0 aliphatic rings. The van der Waals surface area contributed by atoms with Crippen LogP contribution in [-0.2, 0) is 20.7 Å². The van der Waals surface area contributed by atoms with Gasteiger partial charge in [-0.1, -0.05) is 48.0 Å². The second-order valence-corrected chi connectivity index (χ2v) is 9.38. The highest BCUT2D eigenvalue weighted by atomic mass is 31.2. The van der Waals surface area contributed by atoms with Crippen LogP contribution >= 0.6 is 7.60 Å². The number of benzene rings is 2. The molecule has 0 aliphatic heterocycles. The number of anilines is 1. The number of aromatic nitrogens is 2. The number of para-hydroxylation sites is 1. The summed E-state index contributed by atoms with van der Waals surface area (Å²) in [6, 6.07) is 17.0. The highest BCUT2D eigenvalue weighted by Crippen LogP contribution is 2.60. The van der Waals surface area contributed by atoms with Gasteiger partial charge in [0.05, 0.1) is 24.6 Å². The summed E-state index contributed by atoms with van der Waals surface area (Å²) in [5.74, 6) is -0.828. The molecule has 0 radical (unpaired) electrons. The van der Waals surface area contributed by atoms with E-state index in [0.29, 0.717) is 11.4 Å². The first-order chi connectivity index (χ1) is 14.8. The molecule has 31 heavy (non-hydrogen) atoms. The first kappa shape index (κ1) is 23.1. The van der Waals surface area contributed by atoms with Crippen molar-refractivity contribution < 1.29 is 13.6 Å². The number of rotatable bonds is 9. The van der Waals surface area contributed by atoms with Crippen LogP contribution in [0, 0.1) is 13.8 Å². The third kappa shape index (κ3) is 4.69. The lowest BCUT2D eigenvalue weighted by molar-refractivity contribution is 0.214. The molecule has 8 heteroatoms. The molecule has 0 bridgehead atoms. The maximum atomic E-state index is 13.8. The second-order valence-electron chi connectivity index (χ2n) is 7.27. The average Bonchev–Trinajstić information content (AvgIpc) is 2.96. The fraction of sp³-hybridized carbons (Fsp3) is 0.348. The molecule has 7 nitrogen and oxygen atoms in total. The standard InChI is InChI=1S/C23H30N3O4P/c1-6-29-31(28,30-7-2)22(19-15-13-17(3)14-16-19)24-21-18(4)25(5)26(23(21)27)20-11-9-8-10-12-20/h8-16,22,24H,6-7H2,1-5H3/t22-/m1/s1. The van der Waals surface area contributed by atoms with Gasteiger partial charge in [0.2, 0.25) is 0 Å². The van der Waals surface area contributed by atoms with Crippen LogP contribution in [0.4, 0.5) is 5.69 Å². The van der Waals surface area contributed by atoms with Gasteiger partial charge < -0.3 is 14.4 Å². The first-order valence-corrected chi connectivity index (χ1v) is 12.0. The molecule has 0 fully saturated rings. The van der Waals surface area contributed by atoms with Crippen molar-refractivity contribution in [2.24, 2.45) is 7.05 Å². The van der Waals surface area contributed by atoms with Crippen molar-refractivity contribution in [1.29, 1.82) is 0 Å². The molecule has 2 aromatic carbocycles. The summed E-state index contributed by atoms with van der Waals surface area (Å²) in [6.07, 6.45) is 0. The fourth-order valence-electron chi connectivity index (χ4n) is 3.51. The lowest BCUT2D eigenvalue weighted by atomic mass is 10.1. The minimum Gasteiger partial charge on any atom is -0.362 e. The summed E-state index contributed by atoms with van der Waals surface area (Å²) in [5, 5.41) is 3.23. The summed E-state index contributed by atoms with van der Waals surface area (Å²) in [6.45, 7) is 7.83. The lowest BCUT2D eigenvalue weighted by Gasteiger charge is -2.28. The zero-order valence-electron chi connectivity index (χ0n) is 18.7. The summed E-state index contributed by atoms with van der Waals surface area (Å²) < 4.78 is 28.4. The number of aryl methyl sites for hydroxylation is 1.